The molecule has 0 N–H and O–H groups in total. The normalized spacial score (nSPS) is 13.3. The van der Waals surface area contributed by atoms with E-state index in [1.165, 1.54) is 10.6 Å². The molecule has 0 saturated carbocycles. The van der Waals surface area contributed by atoms with E-state index in [4.69, 9.17) is 9.72 Å². The van der Waals surface area contributed by atoms with Gasteiger partial charge in [0.1, 0.15) is 5.75 Å². The van der Waals surface area contributed by atoms with Crippen LogP contribution in [0.5, 0.6) is 5.75 Å². The van der Waals surface area contributed by atoms with Crippen molar-refractivity contribution in [1.29, 1.82) is 0 Å². The van der Waals surface area contributed by atoms with Gasteiger partial charge in [0.2, 0.25) is 0 Å². The molecule has 0 spiro atoms. The molecular weight excluding hydrogens is 392 g/mol. The number of hydrogen-bond acceptors (Lipinski definition) is 7. The summed E-state index contributed by atoms with van der Waals surface area (Å²) >= 11 is 0. The number of methoxy groups -OCH3 is 1. The minimum absolute atomic E-state index is 0.171. The van der Waals surface area contributed by atoms with Gasteiger partial charge in [-0.05, 0) is 43.2 Å². The molecule has 0 saturated heterocycles. The Morgan fingerprint density at radius 1 is 1.03 bits per heavy atom. The van der Waals surface area contributed by atoms with Gasteiger partial charge >= 0.3 is 0 Å². The molecule has 0 amide bonds. The van der Waals surface area contributed by atoms with Gasteiger partial charge in [-0.2, -0.15) is 4.52 Å². The van der Waals surface area contributed by atoms with E-state index in [0.717, 1.165) is 46.7 Å². The second kappa shape index (κ2) is 7.46. The molecule has 8 heteroatoms. The third-order valence-corrected chi connectivity index (χ3v) is 5.56. The van der Waals surface area contributed by atoms with E-state index in [9.17, 15) is 4.79 Å². The van der Waals surface area contributed by atoms with Crippen LogP contribution in [0.25, 0.3) is 16.8 Å². The lowest BCUT2D eigenvalue weighted by Crippen LogP contribution is -2.33. The summed E-state index contributed by atoms with van der Waals surface area (Å²) in [5.41, 5.74) is 6.25. The third kappa shape index (κ3) is 3.50. The second-order valence-electron chi connectivity index (χ2n) is 7.77. The predicted octanol–water partition coefficient (Wildman–Crippen LogP) is 2.73. The highest BCUT2D eigenvalue weighted by Crippen LogP contribution is 2.29. The van der Waals surface area contributed by atoms with Gasteiger partial charge in [0.25, 0.3) is 5.56 Å². The largest absolute Gasteiger partial charge is 0.495 e. The maximum atomic E-state index is 12.4. The van der Waals surface area contributed by atoms with Gasteiger partial charge in [-0.25, -0.2) is 4.98 Å². The van der Waals surface area contributed by atoms with E-state index in [2.05, 4.69) is 26.0 Å². The van der Waals surface area contributed by atoms with Crippen molar-refractivity contribution in [3.63, 3.8) is 0 Å². The summed E-state index contributed by atoms with van der Waals surface area (Å²) in [5.74, 6) is 1.50. The standard InChI is InChI=1S/C23H22N6O2/c1-14-6-21-26-15(2)7-22(30)29(21)27-23(14)28-5-4-20-18(13-28)8-16(11-25-20)17-9-19(31-3)12-24-10-17/h6-12H,4-5,13H2,1-3H3. The number of ether oxygens (including phenoxy) is 1. The van der Waals surface area contributed by atoms with Crippen molar-refractivity contribution in [3.8, 4) is 16.9 Å². The molecule has 156 valence electrons. The molecule has 1 aliphatic heterocycles. The van der Waals surface area contributed by atoms with Crippen LogP contribution < -0.4 is 15.2 Å². The molecule has 0 atom stereocenters. The number of aryl methyl sites for hydroxylation is 2. The maximum Gasteiger partial charge on any atom is 0.274 e. The molecule has 0 radical (unpaired) electrons. The minimum atomic E-state index is -0.171. The Kier molecular flexibility index (Phi) is 4.62. The van der Waals surface area contributed by atoms with Crippen molar-refractivity contribution < 1.29 is 4.74 Å². The van der Waals surface area contributed by atoms with Crippen LogP contribution in [0.1, 0.15) is 22.5 Å². The quantitative estimate of drug-likeness (QED) is 0.509. The van der Waals surface area contributed by atoms with Crippen molar-refractivity contribution in [2.24, 2.45) is 0 Å². The monoisotopic (exact) mass is 414 g/mol. The second-order valence-corrected chi connectivity index (χ2v) is 7.77. The Balaban J connectivity index is 1.52. The van der Waals surface area contributed by atoms with E-state index < -0.39 is 0 Å². The van der Waals surface area contributed by atoms with Crippen molar-refractivity contribution >= 4 is 11.5 Å². The Morgan fingerprint density at radius 2 is 1.87 bits per heavy atom. The summed E-state index contributed by atoms with van der Waals surface area (Å²) in [5, 5.41) is 4.64. The molecule has 0 aliphatic carbocycles. The SMILES string of the molecule is COc1cncc(-c2cnc3c(c2)CN(c2nn4c(=O)cc(C)nc4cc2C)CC3)c1. The first-order chi connectivity index (χ1) is 15.0. The van der Waals surface area contributed by atoms with Crippen LogP contribution in [0.3, 0.4) is 0 Å². The molecule has 4 aromatic heterocycles. The highest BCUT2D eigenvalue weighted by atomic mass is 16.5. The highest BCUT2D eigenvalue weighted by molar-refractivity contribution is 5.65. The van der Waals surface area contributed by atoms with Crippen LogP contribution >= 0.6 is 0 Å². The fourth-order valence-electron chi connectivity index (χ4n) is 4.00. The molecule has 0 fully saturated rings. The molecule has 0 aromatic carbocycles. The van der Waals surface area contributed by atoms with E-state index in [0.29, 0.717) is 23.6 Å². The fourth-order valence-corrected chi connectivity index (χ4v) is 4.00. The number of anilines is 1. The topological polar surface area (TPSA) is 85.5 Å². The van der Waals surface area contributed by atoms with Gasteiger partial charge in [0.05, 0.1) is 13.3 Å². The van der Waals surface area contributed by atoms with Crippen molar-refractivity contribution in [1.82, 2.24) is 24.6 Å². The molecule has 5 heterocycles. The lowest BCUT2D eigenvalue weighted by Gasteiger charge is -2.30. The van der Waals surface area contributed by atoms with Gasteiger partial charge < -0.3 is 9.64 Å². The van der Waals surface area contributed by atoms with E-state index >= 15 is 0 Å². The number of rotatable bonds is 3. The summed E-state index contributed by atoms with van der Waals surface area (Å²) in [6, 6.07) is 7.53. The Morgan fingerprint density at radius 3 is 2.71 bits per heavy atom. The zero-order valence-electron chi connectivity index (χ0n) is 17.7. The van der Waals surface area contributed by atoms with E-state index in [-0.39, 0.29) is 5.56 Å². The van der Waals surface area contributed by atoms with Gasteiger partial charge in [0.15, 0.2) is 11.5 Å². The summed E-state index contributed by atoms with van der Waals surface area (Å²) in [7, 11) is 1.63. The van der Waals surface area contributed by atoms with Crippen LogP contribution in [-0.2, 0) is 13.0 Å². The molecule has 5 rings (SSSR count). The Bertz CT molecular complexity index is 1360. The highest BCUT2D eigenvalue weighted by Gasteiger charge is 2.22. The van der Waals surface area contributed by atoms with E-state index in [1.54, 1.807) is 13.3 Å². The van der Waals surface area contributed by atoms with Crippen molar-refractivity contribution in [2.45, 2.75) is 26.8 Å². The van der Waals surface area contributed by atoms with Crippen LogP contribution in [0.2, 0.25) is 0 Å². The summed E-state index contributed by atoms with van der Waals surface area (Å²) in [6.45, 7) is 5.27. The average Bonchev–Trinajstić information content (AvgIpc) is 2.78. The van der Waals surface area contributed by atoms with Crippen LogP contribution in [0, 0.1) is 13.8 Å². The van der Waals surface area contributed by atoms with E-state index in [1.807, 2.05) is 38.4 Å². The van der Waals surface area contributed by atoms with Crippen LogP contribution in [0.15, 0.2) is 47.7 Å². The van der Waals surface area contributed by atoms with Crippen molar-refractivity contribution in [3.05, 3.63) is 75.7 Å². The number of hydrogen-bond donors (Lipinski definition) is 0. The van der Waals surface area contributed by atoms with Crippen LogP contribution in [-0.4, -0.2) is 38.2 Å². The lowest BCUT2D eigenvalue weighted by molar-refractivity contribution is 0.413. The first-order valence-corrected chi connectivity index (χ1v) is 10.1. The Labute approximate surface area is 179 Å². The number of nitrogens with zero attached hydrogens (tertiary/aromatic N) is 6. The molecule has 8 nitrogen and oxygen atoms in total. The Hall–Kier alpha value is -3.81. The molecule has 1 aliphatic rings. The first kappa shape index (κ1) is 19.2. The molecule has 4 aromatic rings. The van der Waals surface area contributed by atoms with Gasteiger partial charge in [-0.3, -0.25) is 14.8 Å². The summed E-state index contributed by atoms with van der Waals surface area (Å²) < 4.78 is 6.67. The number of pyridine rings is 2. The minimum Gasteiger partial charge on any atom is -0.495 e. The van der Waals surface area contributed by atoms with Gasteiger partial charge in [0, 0.05) is 60.5 Å². The third-order valence-electron chi connectivity index (χ3n) is 5.56. The van der Waals surface area contributed by atoms with Crippen LogP contribution in [0.4, 0.5) is 5.82 Å². The lowest BCUT2D eigenvalue weighted by atomic mass is 10.0. The maximum absolute atomic E-state index is 12.4. The molecule has 0 unspecified atom stereocenters. The smallest absolute Gasteiger partial charge is 0.274 e. The fraction of sp³-hybridized carbons (Fsp3) is 0.261. The predicted molar refractivity (Wildman–Crippen MR) is 118 cm³/mol. The van der Waals surface area contributed by atoms with Crippen molar-refractivity contribution in [2.75, 3.05) is 18.6 Å². The first-order valence-electron chi connectivity index (χ1n) is 10.1. The molecule has 31 heavy (non-hydrogen) atoms. The number of fused-ring (bicyclic) bond motifs is 2. The average molecular weight is 414 g/mol. The summed E-state index contributed by atoms with van der Waals surface area (Å²) in [6.07, 6.45) is 6.19. The zero-order chi connectivity index (χ0) is 21.5. The van der Waals surface area contributed by atoms with Gasteiger partial charge in [-0.1, -0.05) is 0 Å². The molecular formula is C23H22N6O2. The molecule has 0 bridgehead atoms. The van der Waals surface area contributed by atoms with Gasteiger partial charge in [-0.15, -0.1) is 5.10 Å². The summed E-state index contributed by atoms with van der Waals surface area (Å²) in [4.78, 5) is 28.0. The zero-order valence-corrected chi connectivity index (χ0v) is 17.7. The number of aromatic nitrogens is 5.